The van der Waals surface area contributed by atoms with Gasteiger partial charge in [-0.05, 0) is 18.9 Å². The van der Waals surface area contributed by atoms with E-state index in [0.29, 0.717) is 0 Å². The molecule has 0 saturated heterocycles. The molecule has 0 aromatic heterocycles. The van der Waals surface area contributed by atoms with E-state index in [1.807, 2.05) is 31.1 Å². The van der Waals surface area contributed by atoms with Crippen LogP contribution in [0.4, 0.5) is 5.69 Å². The molecule has 0 spiro atoms. The van der Waals surface area contributed by atoms with E-state index in [-0.39, 0.29) is 0 Å². The highest BCUT2D eigenvalue weighted by Crippen LogP contribution is 2.54. The Morgan fingerprint density at radius 3 is 2.26 bits per heavy atom. The number of hydrogen-bond donors (Lipinski definition) is 0. The van der Waals surface area contributed by atoms with E-state index >= 15 is 0 Å². The molecular formula is C14H18N2O3. The van der Waals surface area contributed by atoms with Crippen LogP contribution in [0.3, 0.4) is 0 Å². The van der Waals surface area contributed by atoms with Gasteiger partial charge in [0.2, 0.25) is 6.08 Å². The van der Waals surface area contributed by atoms with Crippen LogP contribution in [0.2, 0.25) is 0 Å². The van der Waals surface area contributed by atoms with Crippen LogP contribution in [0.1, 0.15) is 18.4 Å². The maximum absolute atomic E-state index is 10.6. The van der Waals surface area contributed by atoms with Crippen molar-refractivity contribution in [3.63, 3.8) is 0 Å². The van der Waals surface area contributed by atoms with Crippen molar-refractivity contribution in [2.45, 2.75) is 18.4 Å². The summed E-state index contributed by atoms with van der Waals surface area (Å²) in [7, 11) is 7.12. The van der Waals surface area contributed by atoms with E-state index in [1.54, 1.807) is 20.3 Å². The summed E-state index contributed by atoms with van der Waals surface area (Å²) in [6.45, 7) is 0. The van der Waals surface area contributed by atoms with E-state index in [9.17, 15) is 4.79 Å². The monoisotopic (exact) mass is 262 g/mol. The first-order valence-corrected chi connectivity index (χ1v) is 6.11. The van der Waals surface area contributed by atoms with Crippen LogP contribution >= 0.6 is 0 Å². The zero-order valence-electron chi connectivity index (χ0n) is 11.7. The average Bonchev–Trinajstić information content (AvgIpc) is 3.18. The summed E-state index contributed by atoms with van der Waals surface area (Å²) in [4.78, 5) is 16.5. The van der Waals surface area contributed by atoms with Crippen LogP contribution in [-0.2, 0) is 10.3 Å². The summed E-state index contributed by atoms with van der Waals surface area (Å²) in [5.74, 6) is 1.47. The topological polar surface area (TPSA) is 51.1 Å². The fourth-order valence-electron chi connectivity index (χ4n) is 2.24. The molecule has 0 heterocycles. The zero-order valence-corrected chi connectivity index (χ0v) is 11.7. The van der Waals surface area contributed by atoms with E-state index in [1.165, 1.54) is 0 Å². The molecular weight excluding hydrogens is 244 g/mol. The van der Waals surface area contributed by atoms with Gasteiger partial charge in [-0.1, -0.05) is 0 Å². The summed E-state index contributed by atoms with van der Waals surface area (Å²) in [5, 5.41) is 0. The summed E-state index contributed by atoms with van der Waals surface area (Å²) >= 11 is 0. The van der Waals surface area contributed by atoms with Crippen LogP contribution in [0.5, 0.6) is 11.5 Å². The van der Waals surface area contributed by atoms with Crippen molar-refractivity contribution in [2.75, 3.05) is 33.2 Å². The van der Waals surface area contributed by atoms with Crippen molar-refractivity contribution in [2.24, 2.45) is 4.99 Å². The van der Waals surface area contributed by atoms with Crippen molar-refractivity contribution in [3.05, 3.63) is 17.7 Å². The Balaban J connectivity index is 2.58. The molecule has 0 radical (unpaired) electrons. The number of methoxy groups -OCH3 is 2. The summed E-state index contributed by atoms with van der Waals surface area (Å²) in [6, 6.07) is 3.82. The molecule has 0 unspecified atom stereocenters. The van der Waals surface area contributed by atoms with E-state index in [2.05, 4.69) is 4.99 Å². The van der Waals surface area contributed by atoms with E-state index in [4.69, 9.17) is 9.47 Å². The number of ether oxygens (including phenoxy) is 2. The van der Waals surface area contributed by atoms with Crippen molar-refractivity contribution < 1.29 is 14.3 Å². The molecule has 0 atom stereocenters. The normalized spacial score (nSPS) is 15.4. The van der Waals surface area contributed by atoms with Crippen molar-refractivity contribution in [1.29, 1.82) is 0 Å². The van der Waals surface area contributed by atoms with Gasteiger partial charge in [-0.25, -0.2) is 4.79 Å². The highest BCUT2D eigenvalue weighted by Gasteiger charge is 2.47. The zero-order chi connectivity index (χ0) is 14.0. The minimum atomic E-state index is -0.467. The molecule has 19 heavy (non-hydrogen) atoms. The second kappa shape index (κ2) is 4.94. The highest BCUT2D eigenvalue weighted by atomic mass is 16.5. The summed E-state index contributed by atoms with van der Waals surface area (Å²) < 4.78 is 10.8. The molecule has 102 valence electrons. The molecule has 5 nitrogen and oxygen atoms in total. The molecule has 0 aliphatic heterocycles. The van der Waals surface area contributed by atoms with Crippen LogP contribution in [0.15, 0.2) is 17.1 Å². The molecule has 1 aromatic rings. The lowest BCUT2D eigenvalue weighted by Crippen LogP contribution is -2.13. The maximum atomic E-state index is 10.6. The Bertz CT molecular complexity index is 530. The van der Waals surface area contributed by atoms with Crippen LogP contribution in [0, 0.1) is 0 Å². The molecule has 1 aliphatic rings. The molecule has 1 saturated carbocycles. The van der Waals surface area contributed by atoms with Gasteiger partial charge in [0.15, 0.2) is 0 Å². The molecule has 2 rings (SSSR count). The van der Waals surface area contributed by atoms with Crippen molar-refractivity contribution in [3.8, 4) is 11.5 Å². The number of carbonyl (C=O) groups excluding carboxylic acids is 1. The fourth-order valence-corrected chi connectivity index (χ4v) is 2.24. The molecule has 0 amide bonds. The number of aliphatic imine (C=N–C) groups is 1. The lowest BCUT2D eigenvalue weighted by molar-refractivity contribution is 0.394. The molecule has 1 aromatic carbocycles. The predicted molar refractivity (Wildman–Crippen MR) is 72.9 cm³/mol. The Morgan fingerprint density at radius 2 is 1.84 bits per heavy atom. The number of benzene rings is 1. The number of hydrogen-bond acceptors (Lipinski definition) is 5. The van der Waals surface area contributed by atoms with Gasteiger partial charge < -0.3 is 14.4 Å². The quantitative estimate of drug-likeness (QED) is 0.602. The lowest BCUT2D eigenvalue weighted by atomic mass is 10.0. The van der Waals surface area contributed by atoms with Crippen LogP contribution in [-0.4, -0.2) is 34.4 Å². The van der Waals surface area contributed by atoms with Gasteiger partial charge in [0.1, 0.15) is 17.0 Å². The van der Waals surface area contributed by atoms with Crippen LogP contribution in [0.25, 0.3) is 0 Å². The van der Waals surface area contributed by atoms with Gasteiger partial charge in [-0.3, -0.25) is 0 Å². The molecule has 1 fully saturated rings. The minimum absolute atomic E-state index is 0.467. The van der Waals surface area contributed by atoms with E-state index < -0.39 is 5.54 Å². The Kier molecular flexibility index (Phi) is 3.49. The standard InChI is InChI=1S/C14H18N2O3/c1-16(2)11-8-12(18-3)10(7-13(11)19-4)14(5-6-14)15-9-17/h7-8H,5-6H2,1-4H3. The van der Waals surface area contributed by atoms with Gasteiger partial charge in [-0.15, -0.1) is 0 Å². The Labute approximate surface area is 112 Å². The third-order valence-electron chi connectivity index (χ3n) is 3.47. The molecule has 0 bridgehead atoms. The third kappa shape index (κ3) is 2.29. The molecule has 1 aliphatic carbocycles. The van der Waals surface area contributed by atoms with E-state index in [0.717, 1.165) is 35.6 Å². The summed E-state index contributed by atoms with van der Waals surface area (Å²) in [6.07, 6.45) is 3.34. The van der Waals surface area contributed by atoms with Crippen molar-refractivity contribution >= 4 is 11.8 Å². The number of rotatable bonds is 5. The lowest BCUT2D eigenvalue weighted by Gasteiger charge is -2.21. The molecule has 5 heteroatoms. The van der Waals surface area contributed by atoms with Gasteiger partial charge >= 0.3 is 0 Å². The molecule has 0 N–H and O–H groups in total. The fraction of sp³-hybridized carbons (Fsp3) is 0.500. The average molecular weight is 262 g/mol. The first-order chi connectivity index (χ1) is 9.07. The Hall–Kier alpha value is -2.00. The van der Waals surface area contributed by atoms with Gasteiger partial charge in [0, 0.05) is 25.7 Å². The van der Waals surface area contributed by atoms with Gasteiger partial charge in [-0.2, -0.15) is 4.99 Å². The second-order valence-corrected chi connectivity index (χ2v) is 4.85. The SMILES string of the molecule is COc1cc(C2(N=C=O)CC2)c(OC)cc1N(C)C. The Morgan fingerprint density at radius 1 is 1.21 bits per heavy atom. The van der Waals surface area contributed by atoms with Gasteiger partial charge in [0.25, 0.3) is 0 Å². The largest absolute Gasteiger partial charge is 0.496 e. The summed E-state index contributed by atoms with van der Waals surface area (Å²) in [5.41, 5.74) is 1.35. The number of nitrogens with zero attached hydrogens (tertiary/aromatic N) is 2. The maximum Gasteiger partial charge on any atom is 0.235 e. The van der Waals surface area contributed by atoms with Gasteiger partial charge in [0.05, 0.1) is 19.9 Å². The predicted octanol–water partition coefficient (Wildman–Crippen LogP) is 2.09. The number of isocyanates is 1. The first kappa shape index (κ1) is 13.4. The highest BCUT2D eigenvalue weighted by molar-refractivity contribution is 5.65. The second-order valence-electron chi connectivity index (χ2n) is 4.85. The number of anilines is 1. The van der Waals surface area contributed by atoms with Crippen LogP contribution < -0.4 is 14.4 Å². The first-order valence-electron chi connectivity index (χ1n) is 6.11. The van der Waals surface area contributed by atoms with Crippen molar-refractivity contribution in [1.82, 2.24) is 0 Å². The third-order valence-corrected chi connectivity index (χ3v) is 3.47. The smallest absolute Gasteiger partial charge is 0.235 e. The minimum Gasteiger partial charge on any atom is -0.496 e.